The number of aromatic nitrogens is 1. The Hall–Kier alpha value is -2.97. The van der Waals surface area contributed by atoms with Crippen LogP contribution in [0.15, 0.2) is 36.4 Å². The molecule has 0 radical (unpaired) electrons. The highest BCUT2D eigenvalue weighted by molar-refractivity contribution is 5.90. The van der Waals surface area contributed by atoms with Gasteiger partial charge >= 0.3 is 0 Å². The average Bonchev–Trinajstić information content (AvgIpc) is 3.64. The summed E-state index contributed by atoms with van der Waals surface area (Å²) >= 11 is 0. The van der Waals surface area contributed by atoms with Gasteiger partial charge in [0, 0.05) is 67.3 Å². The van der Waals surface area contributed by atoms with Gasteiger partial charge in [-0.2, -0.15) is 0 Å². The molecule has 3 aromatic rings. The number of carbonyl (C=O) groups is 1. The molecule has 2 aliphatic heterocycles. The molecule has 184 valence electrons. The number of methoxy groups -OCH3 is 1. The number of nitrogens with zero attached hydrogens (tertiary/aromatic N) is 3. The van der Waals surface area contributed by atoms with E-state index in [1.54, 1.807) is 7.11 Å². The lowest BCUT2D eigenvalue weighted by atomic mass is 9.68. The Morgan fingerprint density at radius 1 is 1.14 bits per heavy atom. The Kier molecular flexibility index (Phi) is 5.16. The van der Waals surface area contributed by atoms with Crippen LogP contribution in [-0.2, 0) is 23.8 Å². The van der Waals surface area contributed by atoms with E-state index < -0.39 is 17.7 Å². The van der Waals surface area contributed by atoms with Crippen molar-refractivity contribution in [3.8, 4) is 5.75 Å². The maximum Gasteiger partial charge on any atom is 0.225 e. The zero-order valence-corrected chi connectivity index (χ0v) is 19.9. The van der Waals surface area contributed by atoms with Crippen molar-refractivity contribution < 1.29 is 23.4 Å². The molecule has 0 unspecified atom stereocenters. The van der Waals surface area contributed by atoms with E-state index in [0.29, 0.717) is 19.6 Å². The summed E-state index contributed by atoms with van der Waals surface area (Å²) in [5, 5.41) is 11.6. The third-order valence-corrected chi connectivity index (χ3v) is 8.03. The van der Waals surface area contributed by atoms with E-state index in [-0.39, 0.29) is 36.0 Å². The topological polar surface area (TPSA) is 57.9 Å². The first-order chi connectivity index (χ1) is 16.8. The van der Waals surface area contributed by atoms with Crippen molar-refractivity contribution in [2.45, 2.75) is 30.8 Å². The summed E-state index contributed by atoms with van der Waals surface area (Å²) in [6.07, 6.45) is 1.92. The highest BCUT2D eigenvalue weighted by Gasteiger charge is 2.55. The minimum absolute atomic E-state index is 0.148. The number of aryl methyl sites for hydroxylation is 1. The number of amides is 1. The van der Waals surface area contributed by atoms with Crippen LogP contribution in [0.5, 0.6) is 5.75 Å². The molecule has 6 nitrogen and oxygen atoms in total. The van der Waals surface area contributed by atoms with Crippen LogP contribution in [0.1, 0.15) is 35.7 Å². The van der Waals surface area contributed by atoms with Crippen molar-refractivity contribution in [1.29, 1.82) is 0 Å². The number of hydrogen-bond donors (Lipinski definition) is 1. The van der Waals surface area contributed by atoms with Gasteiger partial charge in [0.25, 0.3) is 0 Å². The minimum atomic E-state index is -0.490. The molecular formula is C27H29F2N3O3. The number of aliphatic hydroxyl groups is 1. The van der Waals surface area contributed by atoms with Crippen LogP contribution in [0, 0.1) is 17.6 Å². The fourth-order valence-electron chi connectivity index (χ4n) is 6.20. The lowest BCUT2D eigenvalue weighted by molar-refractivity contribution is -0.142. The SMILES string of the molecule is COc1ccc2c3c(n(C)c2c1)[C@H](CO)N(Cc1cc(F)ccc1F)CC31CN(C(=O)C2CC2)C1. The Morgan fingerprint density at radius 3 is 2.60 bits per heavy atom. The fourth-order valence-corrected chi connectivity index (χ4v) is 6.20. The van der Waals surface area contributed by atoms with Gasteiger partial charge in [-0.05, 0) is 48.7 Å². The van der Waals surface area contributed by atoms with E-state index in [4.69, 9.17) is 4.74 Å². The highest BCUT2D eigenvalue weighted by Crippen LogP contribution is 2.51. The highest BCUT2D eigenvalue weighted by atomic mass is 19.1. The molecule has 1 N–H and O–H groups in total. The molecule has 1 spiro atoms. The van der Waals surface area contributed by atoms with Crippen LogP contribution in [0.4, 0.5) is 8.78 Å². The number of halogens is 2. The molecule has 3 aliphatic rings. The Balaban J connectivity index is 1.47. The second kappa shape index (κ2) is 8.03. The number of carbonyl (C=O) groups excluding carboxylic acids is 1. The zero-order valence-electron chi connectivity index (χ0n) is 19.9. The van der Waals surface area contributed by atoms with E-state index in [1.807, 2.05) is 29.0 Å². The first kappa shape index (κ1) is 22.5. The number of fused-ring (bicyclic) bond motifs is 4. The third kappa shape index (κ3) is 3.45. The molecule has 1 aliphatic carbocycles. The number of ether oxygens (including phenoxy) is 1. The van der Waals surface area contributed by atoms with Crippen LogP contribution < -0.4 is 4.74 Å². The van der Waals surface area contributed by atoms with Crippen LogP contribution in [0.25, 0.3) is 10.9 Å². The van der Waals surface area contributed by atoms with E-state index in [9.17, 15) is 18.7 Å². The number of benzene rings is 2. The Morgan fingerprint density at radius 2 is 1.91 bits per heavy atom. The van der Waals surface area contributed by atoms with Gasteiger partial charge < -0.3 is 19.3 Å². The molecule has 3 heterocycles. The van der Waals surface area contributed by atoms with Crippen LogP contribution in [-0.4, -0.2) is 58.7 Å². The number of hydrogen-bond acceptors (Lipinski definition) is 4. The van der Waals surface area contributed by atoms with Crippen molar-refractivity contribution in [2.24, 2.45) is 13.0 Å². The quantitative estimate of drug-likeness (QED) is 0.606. The first-order valence-electron chi connectivity index (χ1n) is 12.1. The number of rotatable bonds is 5. The number of aliphatic hydroxyl groups excluding tert-OH is 1. The molecule has 8 heteroatoms. The third-order valence-electron chi connectivity index (χ3n) is 8.03. The van der Waals surface area contributed by atoms with E-state index in [0.717, 1.165) is 52.9 Å². The van der Waals surface area contributed by atoms with Crippen molar-refractivity contribution in [1.82, 2.24) is 14.4 Å². The molecule has 1 saturated carbocycles. The summed E-state index contributed by atoms with van der Waals surface area (Å²) in [5.41, 5.74) is 3.00. The van der Waals surface area contributed by atoms with E-state index in [2.05, 4.69) is 10.6 Å². The maximum atomic E-state index is 14.6. The molecule has 35 heavy (non-hydrogen) atoms. The standard InChI is InChI=1S/C27H29F2N3O3/c1-30-22-10-19(35-2)6-7-20(22)24-25(30)23(12-33)31(11-17-9-18(28)5-8-21(17)29)13-27(24)14-32(15-27)26(34)16-3-4-16/h5-10,16,23,33H,3-4,11-15H2,1-2H3/t23-/m0/s1. The van der Waals surface area contributed by atoms with Gasteiger partial charge in [-0.1, -0.05) is 0 Å². The van der Waals surface area contributed by atoms with Gasteiger partial charge in [0.05, 0.1) is 25.3 Å². The lowest BCUT2D eigenvalue weighted by Gasteiger charge is -2.56. The number of likely N-dealkylation sites (tertiary alicyclic amines) is 1. The van der Waals surface area contributed by atoms with Gasteiger partial charge in [0.1, 0.15) is 17.4 Å². The molecule has 2 aromatic carbocycles. The largest absolute Gasteiger partial charge is 0.497 e. The molecule has 1 saturated heterocycles. The molecule has 1 aromatic heterocycles. The first-order valence-corrected chi connectivity index (χ1v) is 12.1. The van der Waals surface area contributed by atoms with Crippen molar-refractivity contribution in [2.75, 3.05) is 33.4 Å². The average molecular weight is 482 g/mol. The van der Waals surface area contributed by atoms with Gasteiger partial charge in [0.15, 0.2) is 0 Å². The predicted octanol–water partition coefficient (Wildman–Crippen LogP) is 3.50. The zero-order chi connectivity index (χ0) is 24.5. The van der Waals surface area contributed by atoms with E-state index >= 15 is 0 Å². The Labute approximate surface area is 202 Å². The molecule has 6 rings (SSSR count). The molecule has 2 fully saturated rings. The smallest absolute Gasteiger partial charge is 0.225 e. The monoisotopic (exact) mass is 481 g/mol. The van der Waals surface area contributed by atoms with Crippen LogP contribution in [0.3, 0.4) is 0 Å². The van der Waals surface area contributed by atoms with E-state index in [1.165, 1.54) is 6.07 Å². The lowest BCUT2D eigenvalue weighted by Crippen LogP contribution is -2.67. The summed E-state index contributed by atoms with van der Waals surface area (Å²) in [5.74, 6) is 0.142. The molecule has 1 amide bonds. The molecule has 0 bridgehead atoms. The summed E-state index contributed by atoms with van der Waals surface area (Å²) < 4.78 is 36.1. The van der Waals surface area contributed by atoms with Crippen molar-refractivity contribution in [3.63, 3.8) is 0 Å². The Bertz CT molecular complexity index is 1330. The van der Waals surface area contributed by atoms with Crippen molar-refractivity contribution >= 4 is 16.8 Å². The molecule has 1 atom stereocenters. The van der Waals surface area contributed by atoms with Gasteiger partial charge in [-0.25, -0.2) is 8.78 Å². The summed E-state index contributed by atoms with van der Waals surface area (Å²) in [6, 6.07) is 9.06. The summed E-state index contributed by atoms with van der Waals surface area (Å²) in [6.45, 7) is 1.71. The normalized spacial score (nSPS) is 21.3. The predicted molar refractivity (Wildman–Crippen MR) is 127 cm³/mol. The van der Waals surface area contributed by atoms with Gasteiger partial charge in [-0.3, -0.25) is 9.69 Å². The minimum Gasteiger partial charge on any atom is -0.497 e. The van der Waals surface area contributed by atoms with Crippen LogP contribution in [0.2, 0.25) is 0 Å². The second-order valence-corrected chi connectivity index (χ2v) is 10.3. The summed E-state index contributed by atoms with van der Waals surface area (Å²) in [4.78, 5) is 16.8. The fraction of sp³-hybridized carbons (Fsp3) is 0.444. The maximum absolute atomic E-state index is 14.6. The van der Waals surface area contributed by atoms with Crippen molar-refractivity contribution in [3.05, 3.63) is 64.9 Å². The molecular weight excluding hydrogens is 452 g/mol. The summed E-state index contributed by atoms with van der Waals surface area (Å²) in [7, 11) is 3.60. The second-order valence-electron chi connectivity index (χ2n) is 10.3. The van der Waals surface area contributed by atoms with Gasteiger partial charge in [-0.15, -0.1) is 0 Å². The van der Waals surface area contributed by atoms with Gasteiger partial charge in [0.2, 0.25) is 5.91 Å². The van der Waals surface area contributed by atoms with Crippen LogP contribution >= 0.6 is 0 Å².